The van der Waals surface area contributed by atoms with Gasteiger partial charge in [0.05, 0.1) is 21.9 Å². The highest BCUT2D eigenvalue weighted by Gasteiger charge is 2.13. The van der Waals surface area contributed by atoms with Crippen molar-refractivity contribution in [1.29, 1.82) is 0 Å². The summed E-state index contributed by atoms with van der Waals surface area (Å²) in [5.41, 5.74) is 2.86. The van der Waals surface area contributed by atoms with Gasteiger partial charge in [0.1, 0.15) is 5.75 Å². The van der Waals surface area contributed by atoms with Gasteiger partial charge in [0.25, 0.3) is 5.91 Å². The third kappa shape index (κ3) is 8.03. The third-order valence-electron chi connectivity index (χ3n) is 3.80. The summed E-state index contributed by atoms with van der Waals surface area (Å²) in [5.74, 6) is -1.70. The lowest BCUT2D eigenvalue weighted by molar-refractivity contribution is -0.139. The summed E-state index contributed by atoms with van der Waals surface area (Å²) in [6, 6.07) is 9.49. The lowest BCUT2D eigenvalue weighted by Crippen LogP contribution is -2.39. The molecule has 0 bridgehead atoms. The van der Waals surface area contributed by atoms with Crippen molar-refractivity contribution in [3.8, 4) is 5.75 Å². The Morgan fingerprint density at radius 3 is 2.56 bits per heavy atom. The van der Waals surface area contributed by atoms with Crippen molar-refractivity contribution in [2.45, 2.75) is 13.8 Å². The number of carbonyl (C=O) groups excluding carboxylic acids is 3. The van der Waals surface area contributed by atoms with E-state index in [-0.39, 0.29) is 23.3 Å². The molecule has 0 spiro atoms. The Hall–Kier alpha value is -2.81. The van der Waals surface area contributed by atoms with Crippen LogP contribution in [-0.4, -0.2) is 37.1 Å². The monoisotopic (exact) mass is 498 g/mol. The fourth-order valence-corrected chi connectivity index (χ4v) is 2.80. The lowest BCUT2D eigenvalue weighted by Gasteiger charge is -2.11. The molecule has 2 rings (SSSR count). The molecule has 11 heteroatoms. The number of rotatable bonds is 8. The molecule has 3 N–H and O–H groups in total. The van der Waals surface area contributed by atoms with Crippen LogP contribution in [0.25, 0.3) is 0 Å². The fourth-order valence-electron chi connectivity index (χ4n) is 2.27. The average molecular weight is 500 g/mol. The van der Waals surface area contributed by atoms with Gasteiger partial charge in [-0.15, -0.1) is 0 Å². The van der Waals surface area contributed by atoms with E-state index < -0.39 is 17.7 Å². The number of nitrogens with zero attached hydrogens (tertiary/aromatic N) is 1. The SMILES string of the molecule is CC(C)CNC(=O)C(=O)N/N=C\c1cc(Cl)ccc1OCC(=O)Nc1cccc(Cl)c1Cl. The molecule has 0 aliphatic carbocycles. The normalized spacial score (nSPS) is 10.8. The first kappa shape index (κ1) is 25.5. The maximum atomic E-state index is 12.2. The zero-order valence-electron chi connectivity index (χ0n) is 17.2. The fraction of sp³-hybridized carbons (Fsp3) is 0.238. The molecule has 0 aliphatic heterocycles. The van der Waals surface area contributed by atoms with Gasteiger partial charge < -0.3 is 15.4 Å². The number of anilines is 1. The van der Waals surface area contributed by atoms with Crippen LogP contribution in [0.1, 0.15) is 19.4 Å². The Bertz CT molecular complexity index is 1030. The van der Waals surface area contributed by atoms with Crippen LogP contribution in [0.15, 0.2) is 41.5 Å². The molecule has 0 aliphatic rings. The van der Waals surface area contributed by atoms with Crippen molar-refractivity contribution in [2.75, 3.05) is 18.5 Å². The second-order valence-corrected chi connectivity index (χ2v) is 8.14. The summed E-state index contributed by atoms with van der Waals surface area (Å²) in [7, 11) is 0. The highest BCUT2D eigenvalue weighted by atomic mass is 35.5. The topological polar surface area (TPSA) is 109 Å². The maximum absolute atomic E-state index is 12.2. The van der Waals surface area contributed by atoms with Crippen LogP contribution in [0.5, 0.6) is 5.75 Å². The summed E-state index contributed by atoms with van der Waals surface area (Å²) < 4.78 is 5.54. The van der Waals surface area contributed by atoms with Gasteiger partial charge in [0.15, 0.2) is 6.61 Å². The lowest BCUT2D eigenvalue weighted by atomic mass is 10.2. The molecule has 0 saturated carbocycles. The van der Waals surface area contributed by atoms with Gasteiger partial charge in [-0.2, -0.15) is 5.10 Å². The van der Waals surface area contributed by atoms with E-state index in [1.165, 1.54) is 12.3 Å². The van der Waals surface area contributed by atoms with Crippen LogP contribution in [-0.2, 0) is 14.4 Å². The molecule has 0 radical (unpaired) electrons. The number of hydrazone groups is 1. The number of hydrogen-bond acceptors (Lipinski definition) is 5. The van der Waals surface area contributed by atoms with Gasteiger partial charge in [-0.05, 0) is 36.2 Å². The van der Waals surface area contributed by atoms with E-state index in [9.17, 15) is 14.4 Å². The smallest absolute Gasteiger partial charge is 0.329 e. The van der Waals surface area contributed by atoms with Gasteiger partial charge in [0, 0.05) is 17.1 Å². The van der Waals surface area contributed by atoms with Crippen LogP contribution in [0.2, 0.25) is 15.1 Å². The molecule has 170 valence electrons. The minimum atomic E-state index is -0.913. The molecule has 0 heterocycles. The standard InChI is InChI=1S/C21H21Cl3N4O4/c1-12(2)9-25-20(30)21(31)28-26-10-13-8-14(22)6-7-17(13)32-11-18(29)27-16-5-3-4-15(23)19(16)24/h3-8,10,12H,9,11H2,1-2H3,(H,25,30)(H,27,29)(H,28,31)/b26-10-. The van der Waals surface area contributed by atoms with Crippen molar-refractivity contribution in [3.63, 3.8) is 0 Å². The van der Waals surface area contributed by atoms with E-state index >= 15 is 0 Å². The molecular formula is C21H21Cl3N4O4. The van der Waals surface area contributed by atoms with Crippen LogP contribution < -0.4 is 20.8 Å². The first-order valence-corrected chi connectivity index (χ1v) is 10.6. The van der Waals surface area contributed by atoms with Crippen molar-refractivity contribution >= 4 is 64.4 Å². The first-order chi connectivity index (χ1) is 15.2. The zero-order chi connectivity index (χ0) is 23.7. The molecule has 0 aromatic heterocycles. The molecule has 8 nitrogen and oxygen atoms in total. The van der Waals surface area contributed by atoms with Crippen molar-refractivity contribution < 1.29 is 19.1 Å². The van der Waals surface area contributed by atoms with Gasteiger partial charge >= 0.3 is 11.8 Å². The number of nitrogens with one attached hydrogen (secondary N) is 3. The van der Waals surface area contributed by atoms with Gasteiger partial charge in [-0.3, -0.25) is 14.4 Å². The Labute approximate surface area is 200 Å². The van der Waals surface area contributed by atoms with E-state index in [0.717, 1.165) is 0 Å². The molecular weight excluding hydrogens is 479 g/mol. The molecule has 0 unspecified atom stereocenters. The first-order valence-electron chi connectivity index (χ1n) is 9.44. The Morgan fingerprint density at radius 2 is 1.84 bits per heavy atom. The largest absolute Gasteiger partial charge is 0.483 e. The van der Waals surface area contributed by atoms with Crippen molar-refractivity contribution in [1.82, 2.24) is 10.7 Å². The molecule has 0 fully saturated rings. The number of benzene rings is 2. The minimum Gasteiger partial charge on any atom is -0.483 e. The summed E-state index contributed by atoms with van der Waals surface area (Å²) in [6.07, 6.45) is 1.25. The second kappa shape index (κ2) is 12.3. The number of ether oxygens (including phenoxy) is 1. The molecule has 3 amide bonds. The summed E-state index contributed by atoms with van der Waals surface area (Å²) >= 11 is 18.0. The third-order valence-corrected chi connectivity index (χ3v) is 4.86. The Kier molecular flexibility index (Phi) is 9.77. The highest BCUT2D eigenvalue weighted by Crippen LogP contribution is 2.29. The Morgan fingerprint density at radius 1 is 1.09 bits per heavy atom. The van der Waals surface area contributed by atoms with Crippen LogP contribution in [0.4, 0.5) is 5.69 Å². The average Bonchev–Trinajstić information content (AvgIpc) is 2.74. The summed E-state index contributed by atoms with van der Waals surface area (Å²) in [6.45, 7) is 3.84. The van der Waals surface area contributed by atoms with Gasteiger partial charge in [-0.1, -0.05) is 54.7 Å². The molecule has 32 heavy (non-hydrogen) atoms. The number of carbonyl (C=O) groups is 3. The van der Waals surface area contributed by atoms with Crippen LogP contribution in [0.3, 0.4) is 0 Å². The second-order valence-electron chi connectivity index (χ2n) is 6.92. The molecule has 2 aromatic rings. The maximum Gasteiger partial charge on any atom is 0.329 e. The van der Waals surface area contributed by atoms with Crippen molar-refractivity contribution in [2.24, 2.45) is 11.0 Å². The summed E-state index contributed by atoms with van der Waals surface area (Å²) in [5, 5.41) is 9.74. The molecule has 0 atom stereocenters. The predicted molar refractivity (Wildman–Crippen MR) is 126 cm³/mol. The van der Waals surface area contributed by atoms with E-state index in [1.807, 2.05) is 13.8 Å². The van der Waals surface area contributed by atoms with E-state index in [4.69, 9.17) is 39.5 Å². The van der Waals surface area contributed by atoms with Crippen molar-refractivity contribution in [3.05, 3.63) is 57.0 Å². The summed E-state index contributed by atoms with van der Waals surface area (Å²) in [4.78, 5) is 35.7. The molecule has 0 saturated heterocycles. The molecule has 2 aromatic carbocycles. The highest BCUT2D eigenvalue weighted by molar-refractivity contribution is 6.44. The predicted octanol–water partition coefficient (Wildman–Crippen LogP) is 3.89. The van der Waals surface area contributed by atoms with Gasteiger partial charge in [0.2, 0.25) is 0 Å². The van der Waals surface area contributed by atoms with E-state index in [2.05, 4.69) is 21.2 Å². The number of halogens is 3. The number of hydrogen-bond donors (Lipinski definition) is 3. The van der Waals surface area contributed by atoms with Gasteiger partial charge in [-0.25, -0.2) is 5.43 Å². The zero-order valence-corrected chi connectivity index (χ0v) is 19.5. The van der Waals surface area contributed by atoms with Crippen LogP contribution >= 0.6 is 34.8 Å². The Balaban J connectivity index is 1.98. The minimum absolute atomic E-state index is 0.202. The van der Waals surface area contributed by atoms with E-state index in [1.54, 1.807) is 30.3 Å². The number of amides is 3. The quantitative estimate of drug-likeness (QED) is 0.291. The van der Waals surface area contributed by atoms with E-state index in [0.29, 0.717) is 27.8 Å². The van der Waals surface area contributed by atoms with Crippen LogP contribution in [0, 0.1) is 5.92 Å².